The van der Waals surface area contributed by atoms with E-state index in [-0.39, 0.29) is 23.0 Å². The molecule has 0 atom stereocenters. The SMILES string of the molecule is CCc1cc(Br)cc(C)c1NC(=O)CN(CCc1ccccc1)S(=O)(=O)c1ccc(OC)c(Cl)c1. The van der Waals surface area contributed by atoms with Crippen LogP contribution in [0.5, 0.6) is 5.75 Å². The molecule has 0 radical (unpaired) electrons. The predicted octanol–water partition coefficient (Wildman–Crippen LogP) is 5.85. The van der Waals surface area contributed by atoms with Crippen LogP contribution in [0.3, 0.4) is 0 Å². The van der Waals surface area contributed by atoms with Crippen LogP contribution in [0, 0.1) is 6.92 Å². The lowest BCUT2D eigenvalue weighted by molar-refractivity contribution is -0.116. The van der Waals surface area contributed by atoms with Crippen LogP contribution in [0.15, 0.2) is 70.0 Å². The molecule has 6 nitrogen and oxygen atoms in total. The zero-order chi connectivity index (χ0) is 25.6. The van der Waals surface area contributed by atoms with Gasteiger partial charge in [0.1, 0.15) is 5.75 Å². The van der Waals surface area contributed by atoms with E-state index in [1.807, 2.05) is 56.3 Å². The molecule has 0 aliphatic carbocycles. The van der Waals surface area contributed by atoms with Gasteiger partial charge in [-0.1, -0.05) is 64.8 Å². The summed E-state index contributed by atoms with van der Waals surface area (Å²) in [7, 11) is -2.55. The quantitative estimate of drug-likeness (QED) is 0.327. The molecule has 3 aromatic carbocycles. The molecule has 0 saturated heterocycles. The number of methoxy groups -OCH3 is 1. The number of hydrogen-bond acceptors (Lipinski definition) is 4. The predicted molar refractivity (Wildman–Crippen MR) is 144 cm³/mol. The van der Waals surface area contributed by atoms with Crippen LogP contribution in [0.4, 0.5) is 5.69 Å². The van der Waals surface area contributed by atoms with E-state index in [2.05, 4.69) is 21.2 Å². The lowest BCUT2D eigenvalue weighted by Gasteiger charge is -2.23. The van der Waals surface area contributed by atoms with Gasteiger partial charge in [0.05, 0.1) is 23.6 Å². The summed E-state index contributed by atoms with van der Waals surface area (Å²) in [5.74, 6) is -0.0432. The number of benzene rings is 3. The number of nitrogens with one attached hydrogen (secondary N) is 1. The molecule has 0 bridgehead atoms. The highest BCUT2D eigenvalue weighted by Gasteiger charge is 2.28. The molecule has 0 unspecified atom stereocenters. The van der Waals surface area contributed by atoms with Crippen LogP contribution >= 0.6 is 27.5 Å². The summed E-state index contributed by atoms with van der Waals surface area (Å²) >= 11 is 9.68. The lowest BCUT2D eigenvalue weighted by atomic mass is 10.1. The minimum absolute atomic E-state index is 0.00164. The molecule has 3 aromatic rings. The van der Waals surface area contributed by atoms with E-state index in [4.69, 9.17) is 16.3 Å². The smallest absolute Gasteiger partial charge is 0.243 e. The zero-order valence-electron chi connectivity index (χ0n) is 19.8. The monoisotopic (exact) mass is 578 g/mol. The van der Waals surface area contributed by atoms with Gasteiger partial charge in [-0.25, -0.2) is 8.42 Å². The number of nitrogens with zero attached hydrogens (tertiary/aromatic N) is 1. The molecule has 0 aliphatic heterocycles. The number of aryl methyl sites for hydroxylation is 2. The minimum atomic E-state index is -4.01. The third-order valence-corrected chi connectivity index (χ3v) is 8.20. The first-order chi connectivity index (χ1) is 16.6. The average Bonchev–Trinajstić information content (AvgIpc) is 2.83. The Balaban J connectivity index is 1.90. The largest absolute Gasteiger partial charge is 0.495 e. The highest BCUT2D eigenvalue weighted by atomic mass is 79.9. The van der Waals surface area contributed by atoms with Crippen LogP contribution in [0.2, 0.25) is 5.02 Å². The van der Waals surface area contributed by atoms with Crippen molar-refractivity contribution in [3.63, 3.8) is 0 Å². The van der Waals surface area contributed by atoms with Crippen LogP contribution in [0.1, 0.15) is 23.6 Å². The van der Waals surface area contributed by atoms with Gasteiger partial charge in [0.15, 0.2) is 0 Å². The second kappa shape index (κ2) is 12.0. The van der Waals surface area contributed by atoms with Crippen LogP contribution < -0.4 is 10.1 Å². The number of amides is 1. The molecule has 1 amide bonds. The molecule has 0 aromatic heterocycles. The Labute approximate surface area is 220 Å². The normalized spacial score (nSPS) is 11.5. The molecule has 35 heavy (non-hydrogen) atoms. The number of ether oxygens (including phenoxy) is 1. The second-order valence-corrected chi connectivity index (χ2v) is 11.3. The van der Waals surface area contributed by atoms with E-state index in [0.717, 1.165) is 27.6 Å². The first kappa shape index (κ1) is 27.2. The molecular formula is C26H28BrClN2O4S. The van der Waals surface area contributed by atoms with Crippen molar-refractivity contribution >= 4 is 49.1 Å². The Kier molecular flexibility index (Phi) is 9.35. The fraction of sp³-hybridized carbons (Fsp3) is 0.269. The summed E-state index contributed by atoms with van der Waals surface area (Å²) in [4.78, 5) is 13.1. The fourth-order valence-corrected chi connectivity index (χ4v) is 6.11. The Morgan fingerprint density at radius 3 is 2.46 bits per heavy atom. The maximum Gasteiger partial charge on any atom is 0.243 e. The van der Waals surface area contributed by atoms with E-state index in [9.17, 15) is 13.2 Å². The number of sulfonamides is 1. The molecule has 3 rings (SSSR count). The number of rotatable bonds is 10. The van der Waals surface area contributed by atoms with E-state index >= 15 is 0 Å². The van der Waals surface area contributed by atoms with E-state index in [1.165, 1.54) is 29.6 Å². The van der Waals surface area contributed by atoms with Gasteiger partial charge in [-0.2, -0.15) is 4.31 Å². The van der Waals surface area contributed by atoms with Crippen molar-refractivity contribution < 1.29 is 17.9 Å². The second-order valence-electron chi connectivity index (χ2n) is 8.03. The molecule has 0 spiro atoms. The molecule has 9 heteroatoms. The summed E-state index contributed by atoms with van der Waals surface area (Å²) in [6.07, 6.45) is 1.17. The van der Waals surface area contributed by atoms with Crippen molar-refractivity contribution in [1.82, 2.24) is 4.31 Å². The van der Waals surface area contributed by atoms with Gasteiger partial charge >= 0.3 is 0 Å². The topological polar surface area (TPSA) is 75.7 Å². The number of hydrogen-bond donors (Lipinski definition) is 1. The number of anilines is 1. The van der Waals surface area contributed by atoms with Crippen LogP contribution in [-0.2, 0) is 27.7 Å². The molecular weight excluding hydrogens is 552 g/mol. The fourth-order valence-electron chi connectivity index (χ4n) is 3.75. The van der Waals surface area contributed by atoms with Gasteiger partial charge < -0.3 is 10.1 Å². The molecule has 0 heterocycles. The Bertz CT molecular complexity index is 1300. The van der Waals surface area contributed by atoms with Crippen molar-refractivity contribution in [2.24, 2.45) is 0 Å². The Hall–Kier alpha value is -2.39. The summed E-state index contributed by atoms with van der Waals surface area (Å²) < 4.78 is 34.4. The van der Waals surface area contributed by atoms with Crippen molar-refractivity contribution in [2.45, 2.75) is 31.6 Å². The lowest BCUT2D eigenvalue weighted by Crippen LogP contribution is -2.39. The van der Waals surface area contributed by atoms with E-state index in [1.54, 1.807) is 0 Å². The standard InChI is InChI=1S/C26H28BrClN2O4S/c1-4-20-15-21(27)14-18(2)26(20)29-25(31)17-30(13-12-19-8-6-5-7-9-19)35(32,33)22-10-11-24(34-3)23(28)16-22/h5-11,14-16H,4,12-13,17H2,1-3H3,(H,29,31). The Morgan fingerprint density at radius 2 is 1.83 bits per heavy atom. The van der Waals surface area contributed by atoms with Crippen molar-refractivity contribution in [2.75, 3.05) is 25.5 Å². The minimum Gasteiger partial charge on any atom is -0.495 e. The first-order valence-electron chi connectivity index (χ1n) is 11.1. The van der Waals surface area contributed by atoms with Crippen molar-refractivity contribution in [3.05, 3.63) is 86.8 Å². The van der Waals surface area contributed by atoms with Crippen molar-refractivity contribution in [1.29, 1.82) is 0 Å². The molecule has 1 N–H and O–H groups in total. The molecule has 0 aliphatic rings. The van der Waals surface area contributed by atoms with Gasteiger partial charge in [-0.05, 0) is 66.8 Å². The average molecular weight is 580 g/mol. The van der Waals surface area contributed by atoms with Gasteiger partial charge in [0, 0.05) is 16.7 Å². The first-order valence-corrected chi connectivity index (χ1v) is 13.7. The van der Waals surface area contributed by atoms with E-state index in [0.29, 0.717) is 17.9 Å². The summed E-state index contributed by atoms with van der Waals surface area (Å²) in [5, 5.41) is 3.11. The maximum atomic E-state index is 13.6. The van der Waals surface area contributed by atoms with Gasteiger partial charge in [-0.15, -0.1) is 0 Å². The maximum absolute atomic E-state index is 13.6. The van der Waals surface area contributed by atoms with E-state index < -0.39 is 15.9 Å². The number of carbonyl (C=O) groups excluding carboxylic acids is 1. The third kappa shape index (κ3) is 6.85. The molecule has 0 fully saturated rings. The van der Waals surface area contributed by atoms with Crippen LogP contribution in [0.25, 0.3) is 0 Å². The number of halogens is 2. The summed E-state index contributed by atoms with van der Waals surface area (Å²) in [6.45, 7) is 3.70. The molecule has 0 saturated carbocycles. The summed E-state index contributed by atoms with van der Waals surface area (Å²) in [5.41, 5.74) is 3.53. The molecule has 186 valence electrons. The summed E-state index contributed by atoms with van der Waals surface area (Å²) in [6, 6.07) is 17.7. The highest BCUT2D eigenvalue weighted by Crippen LogP contribution is 2.29. The van der Waals surface area contributed by atoms with Gasteiger partial charge in [0.25, 0.3) is 0 Å². The Morgan fingerprint density at radius 1 is 1.11 bits per heavy atom. The zero-order valence-corrected chi connectivity index (χ0v) is 23.0. The number of carbonyl (C=O) groups is 1. The third-order valence-electron chi connectivity index (χ3n) is 5.60. The van der Waals surface area contributed by atoms with Crippen LogP contribution in [-0.4, -0.2) is 38.8 Å². The van der Waals surface area contributed by atoms with Gasteiger partial charge in [-0.3, -0.25) is 4.79 Å². The van der Waals surface area contributed by atoms with Crippen molar-refractivity contribution in [3.8, 4) is 5.75 Å². The van der Waals surface area contributed by atoms with Gasteiger partial charge in [0.2, 0.25) is 15.9 Å². The highest BCUT2D eigenvalue weighted by molar-refractivity contribution is 9.10.